The third-order valence-electron chi connectivity index (χ3n) is 2.23. The molecule has 0 saturated heterocycles. The molecule has 0 spiro atoms. The maximum absolute atomic E-state index is 10.5. The summed E-state index contributed by atoms with van der Waals surface area (Å²) in [5.74, 6) is 0. The van der Waals surface area contributed by atoms with Crippen molar-refractivity contribution in [3.05, 3.63) is 62.3 Å². The van der Waals surface area contributed by atoms with Crippen LogP contribution in [0.15, 0.2) is 41.8 Å². The molecule has 1 heterocycles. The molecule has 1 unspecified atom stereocenters. The van der Waals surface area contributed by atoms with Gasteiger partial charge in [-0.15, -0.1) is 11.3 Å². The van der Waals surface area contributed by atoms with Crippen LogP contribution in [0.4, 0.5) is 5.69 Å². The quantitative estimate of drug-likeness (QED) is 0.657. The maximum Gasteiger partial charge on any atom is 0.269 e. The minimum absolute atomic E-state index is 0.0297. The number of nitro groups is 1. The van der Waals surface area contributed by atoms with Gasteiger partial charge in [0.25, 0.3) is 5.69 Å². The molecule has 5 heteroatoms. The fourth-order valence-electron chi connectivity index (χ4n) is 1.39. The molecule has 0 saturated carbocycles. The molecule has 4 nitrogen and oxygen atoms in total. The molecular formula is C11H9NO3S. The number of non-ortho nitro benzene ring substituents is 1. The number of hydrogen-bond acceptors (Lipinski definition) is 4. The van der Waals surface area contributed by atoms with Crippen molar-refractivity contribution in [3.8, 4) is 0 Å². The Kier molecular flexibility index (Phi) is 2.98. The minimum atomic E-state index is -0.708. The highest BCUT2D eigenvalue weighted by atomic mass is 32.1. The number of hydrogen-bond donors (Lipinski definition) is 1. The monoisotopic (exact) mass is 235 g/mol. The number of aliphatic hydroxyl groups is 1. The van der Waals surface area contributed by atoms with Crippen LogP contribution in [-0.4, -0.2) is 10.0 Å². The van der Waals surface area contributed by atoms with E-state index in [-0.39, 0.29) is 5.69 Å². The molecule has 0 radical (unpaired) electrons. The second-order valence-corrected chi connectivity index (χ2v) is 4.25. The van der Waals surface area contributed by atoms with Gasteiger partial charge in [-0.2, -0.15) is 0 Å². The third-order valence-corrected chi connectivity index (χ3v) is 3.16. The van der Waals surface area contributed by atoms with E-state index in [1.165, 1.54) is 23.5 Å². The lowest BCUT2D eigenvalue weighted by atomic mass is 10.1. The average molecular weight is 235 g/mol. The zero-order valence-corrected chi connectivity index (χ0v) is 9.05. The first kappa shape index (κ1) is 10.8. The topological polar surface area (TPSA) is 63.4 Å². The Bertz CT molecular complexity index is 478. The predicted molar refractivity (Wildman–Crippen MR) is 61.5 cm³/mol. The molecule has 1 aromatic heterocycles. The highest BCUT2D eigenvalue weighted by molar-refractivity contribution is 7.10. The Balaban J connectivity index is 2.25. The summed E-state index contributed by atoms with van der Waals surface area (Å²) in [5.41, 5.74) is 0.690. The Hall–Kier alpha value is -1.72. The molecule has 2 rings (SSSR count). The Morgan fingerprint density at radius 1 is 1.25 bits per heavy atom. The van der Waals surface area contributed by atoms with Crippen LogP contribution >= 0.6 is 11.3 Å². The molecule has 1 atom stereocenters. The highest BCUT2D eigenvalue weighted by Gasteiger charge is 2.12. The second kappa shape index (κ2) is 4.42. The number of thiophene rings is 1. The van der Waals surface area contributed by atoms with E-state index in [1.54, 1.807) is 12.1 Å². The van der Waals surface area contributed by atoms with Crippen molar-refractivity contribution >= 4 is 17.0 Å². The first-order valence-corrected chi connectivity index (χ1v) is 5.52. The van der Waals surface area contributed by atoms with E-state index in [0.717, 1.165) is 4.88 Å². The first-order chi connectivity index (χ1) is 7.68. The number of nitro benzene ring substituents is 1. The normalized spacial score (nSPS) is 12.3. The van der Waals surface area contributed by atoms with Crippen molar-refractivity contribution < 1.29 is 10.0 Å². The number of benzene rings is 1. The van der Waals surface area contributed by atoms with Crippen LogP contribution < -0.4 is 0 Å². The molecule has 0 aliphatic carbocycles. The van der Waals surface area contributed by atoms with Gasteiger partial charge in [0, 0.05) is 17.0 Å². The lowest BCUT2D eigenvalue weighted by Gasteiger charge is -2.07. The predicted octanol–water partition coefficient (Wildman–Crippen LogP) is 2.74. The molecule has 0 bridgehead atoms. The van der Waals surface area contributed by atoms with Gasteiger partial charge in [0.2, 0.25) is 0 Å². The van der Waals surface area contributed by atoms with E-state index in [2.05, 4.69) is 0 Å². The Morgan fingerprint density at radius 3 is 2.44 bits per heavy atom. The fraction of sp³-hybridized carbons (Fsp3) is 0.0909. The van der Waals surface area contributed by atoms with Gasteiger partial charge in [-0.05, 0) is 29.1 Å². The van der Waals surface area contributed by atoms with Crippen LogP contribution in [0.2, 0.25) is 0 Å². The summed E-state index contributed by atoms with van der Waals surface area (Å²) in [5, 5.41) is 22.3. The summed E-state index contributed by atoms with van der Waals surface area (Å²) < 4.78 is 0. The van der Waals surface area contributed by atoms with Crippen molar-refractivity contribution in [2.45, 2.75) is 6.10 Å². The van der Waals surface area contributed by atoms with E-state index in [9.17, 15) is 15.2 Å². The van der Waals surface area contributed by atoms with Gasteiger partial charge >= 0.3 is 0 Å². The third kappa shape index (κ3) is 2.10. The van der Waals surface area contributed by atoms with E-state index in [4.69, 9.17) is 0 Å². The molecule has 82 valence electrons. The summed E-state index contributed by atoms with van der Waals surface area (Å²) in [7, 11) is 0. The lowest BCUT2D eigenvalue weighted by Crippen LogP contribution is -1.97. The van der Waals surface area contributed by atoms with E-state index >= 15 is 0 Å². The molecular weight excluding hydrogens is 226 g/mol. The largest absolute Gasteiger partial charge is 0.383 e. The fourth-order valence-corrected chi connectivity index (χ4v) is 2.13. The van der Waals surface area contributed by atoms with Gasteiger partial charge in [0.15, 0.2) is 0 Å². The van der Waals surface area contributed by atoms with Crippen molar-refractivity contribution in [1.82, 2.24) is 0 Å². The van der Waals surface area contributed by atoms with Crippen molar-refractivity contribution in [3.63, 3.8) is 0 Å². The number of nitrogens with zero attached hydrogens (tertiary/aromatic N) is 1. The van der Waals surface area contributed by atoms with Crippen LogP contribution in [0.25, 0.3) is 0 Å². The van der Waals surface area contributed by atoms with Gasteiger partial charge in [-0.3, -0.25) is 10.1 Å². The number of rotatable bonds is 3. The Morgan fingerprint density at radius 2 is 1.94 bits per heavy atom. The average Bonchev–Trinajstić information content (AvgIpc) is 2.81. The van der Waals surface area contributed by atoms with E-state index < -0.39 is 11.0 Å². The summed E-state index contributed by atoms with van der Waals surface area (Å²) >= 11 is 1.45. The Labute approximate surface area is 95.9 Å². The van der Waals surface area contributed by atoms with E-state index in [0.29, 0.717) is 5.56 Å². The zero-order chi connectivity index (χ0) is 11.5. The van der Waals surface area contributed by atoms with E-state index in [1.807, 2.05) is 17.5 Å². The van der Waals surface area contributed by atoms with Crippen LogP contribution in [0, 0.1) is 10.1 Å². The minimum Gasteiger partial charge on any atom is -0.383 e. The van der Waals surface area contributed by atoms with Crippen molar-refractivity contribution in [2.75, 3.05) is 0 Å². The van der Waals surface area contributed by atoms with Gasteiger partial charge in [0.1, 0.15) is 6.10 Å². The molecule has 0 aliphatic heterocycles. The van der Waals surface area contributed by atoms with Crippen LogP contribution in [-0.2, 0) is 0 Å². The smallest absolute Gasteiger partial charge is 0.269 e. The summed E-state index contributed by atoms with van der Waals surface area (Å²) in [6.07, 6.45) is -0.708. The highest BCUT2D eigenvalue weighted by Crippen LogP contribution is 2.26. The van der Waals surface area contributed by atoms with Gasteiger partial charge in [-0.25, -0.2) is 0 Å². The van der Waals surface area contributed by atoms with Crippen LogP contribution in [0.1, 0.15) is 16.5 Å². The SMILES string of the molecule is O=[N+]([O-])c1ccc(C(O)c2cccs2)cc1. The molecule has 0 fully saturated rings. The summed E-state index contributed by atoms with van der Waals surface area (Å²) in [6.45, 7) is 0. The van der Waals surface area contributed by atoms with Crippen LogP contribution in [0.5, 0.6) is 0 Å². The molecule has 0 amide bonds. The number of aliphatic hydroxyl groups excluding tert-OH is 1. The second-order valence-electron chi connectivity index (χ2n) is 3.27. The van der Waals surface area contributed by atoms with Crippen molar-refractivity contribution in [2.24, 2.45) is 0 Å². The van der Waals surface area contributed by atoms with Crippen LogP contribution in [0.3, 0.4) is 0 Å². The lowest BCUT2D eigenvalue weighted by molar-refractivity contribution is -0.384. The molecule has 1 N–H and O–H groups in total. The molecule has 0 aliphatic rings. The van der Waals surface area contributed by atoms with Crippen molar-refractivity contribution in [1.29, 1.82) is 0 Å². The standard InChI is InChI=1S/C11H9NO3S/c13-11(10-2-1-7-16-10)8-3-5-9(6-4-8)12(14)15/h1-7,11,13H. The maximum atomic E-state index is 10.5. The molecule has 16 heavy (non-hydrogen) atoms. The molecule has 2 aromatic rings. The van der Waals surface area contributed by atoms with Gasteiger partial charge < -0.3 is 5.11 Å². The van der Waals surface area contributed by atoms with Gasteiger partial charge in [-0.1, -0.05) is 6.07 Å². The zero-order valence-electron chi connectivity index (χ0n) is 8.24. The first-order valence-electron chi connectivity index (χ1n) is 4.64. The van der Waals surface area contributed by atoms with Gasteiger partial charge in [0.05, 0.1) is 4.92 Å². The molecule has 1 aromatic carbocycles. The summed E-state index contributed by atoms with van der Waals surface area (Å²) in [4.78, 5) is 10.8. The summed E-state index contributed by atoms with van der Waals surface area (Å²) in [6, 6.07) is 9.62.